The normalized spacial score (nSPS) is 15.8. The molecule has 20 heavy (non-hydrogen) atoms. The van der Waals surface area contributed by atoms with Crippen molar-refractivity contribution in [3.05, 3.63) is 33.9 Å². The molecular formula is C13H13N3O4. The van der Waals surface area contributed by atoms with Crippen LogP contribution in [-0.2, 0) is 4.79 Å². The van der Waals surface area contributed by atoms with Crippen LogP contribution < -0.4 is 5.32 Å². The molecule has 0 amide bonds. The number of hydrogen-bond acceptors (Lipinski definition) is 5. The molecule has 1 fully saturated rings. The van der Waals surface area contributed by atoms with E-state index in [4.69, 9.17) is 5.26 Å². The molecule has 0 aliphatic heterocycles. The maximum atomic E-state index is 11.2. The maximum absolute atomic E-state index is 11.2. The van der Waals surface area contributed by atoms with E-state index in [1.165, 1.54) is 18.2 Å². The number of nitrogens with one attached hydrogen (secondary N) is 1. The van der Waals surface area contributed by atoms with Gasteiger partial charge in [0.15, 0.2) is 0 Å². The minimum absolute atomic E-state index is 0.148. The zero-order valence-electron chi connectivity index (χ0n) is 10.6. The van der Waals surface area contributed by atoms with E-state index in [0.717, 1.165) is 6.42 Å². The van der Waals surface area contributed by atoms with E-state index >= 15 is 0 Å². The van der Waals surface area contributed by atoms with E-state index in [1.54, 1.807) is 0 Å². The summed E-state index contributed by atoms with van der Waals surface area (Å²) in [7, 11) is 0. The number of carboxylic acid groups (broad SMARTS) is 1. The Morgan fingerprint density at radius 1 is 1.55 bits per heavy atom. The van der Waals surface area contributed by atoms with Crippen LogP contribution in [-0.4, -0.2) is 22.5 Å². The number of rotatable bonds is 5. The zero-order chi connectivity index (χ0) is 14.8. The van der Waals surface area contributed by atoms with Gasteiger partial charge in [-0.05, 0) is 25.0 Å². The standard InChI is InChI=1S/C13H13N3O4/c14-7-9-2-3-10(11(6-9)16(19)20)15-8-13(12(17)18)4-1-5-13/h2-3,6,15H,1,4-5,8H2,(H,17,18). The van der Waals surface area contributed by atoms with E-state index in [9.17, 15) is 20.0 Å². The van der Waals surface area contributed by atoms with Gasteiger partial charge in [-0.15, -0.1) is 0 Å². The zero-order valence-corrected chi connectivity index (χ0v) is 10.6. The van der Waals surface area contributed by atoms with Gasteiger partial charge in [0.2, 0.25) is 0 Å². The molecule has 1 aromatic carbocycles. The predicted molar refractivity (Wildman–Crippen MR) is 70.2 cm³/mol. The SMILES string of the molecule is N#Cc1ccc(NCC2(C(=O)O)CCC2)c([N+](=O)[O-])c1. The molecule has 1 aliphatic carbocycles. The van der Waals surface area contributed by atoms with Gasteiger partial charge in [0.05, 0.1) is 22.0 Å². The lowest BCUT2D eigenvalue weighted by Crippen LogP contribution is -2.43. The van der Waals surface area contributed by atoms with Crippen molar-refractivity contribution in [1.29, 1.82) is 5.26 Å². The van der Waals surface area contributed by atoms with Gasteiger partial charge in [-0.1, -0.05) is 6.42 Å². The summed E-state index contributed by atoms with van der Waals surface area (Å²) >= 11 is 0. The summed E-state index contributed by atoms with van der Waals surface area (Å²) in [6.07, 6.45) is 1.99. The Morgan fingerprint density at radius 3 is 2.70 bits per heavy atom. The molecule has 0 spiro atoms. The smallest absolute Gasteiger partial charge is 0.311 e. The third-order valence-electron chi connectivity index (χ3n) is 3.71. The molecule has 0 heterocycles. The minimum Gasteiger partial charge on any atom is -0.481 e. The summed E-state index contributed by atoms with van der Waals surface area (Å²) in [5, 5.41) is 31.8. The molecule has 7 nitrogen and oxygen atoms in total. The average Bonchev–Trinajstić information content (AvgIpc) is 2.36. The summed E-state index contributed by atoms with van der Waals surface area (Å²) < 4.78 is 0. The van der Waals surface area contributed by atoms with Crippen LogP contribution in [0, 0.1) is 26.9 Å². The van der Waals surface area contributed by atoms with Crippen LogP contribution in [0.4, 0.5) is 11.4 Å². The third-order valence-corrected chi connectivity index (χ3v) is 3.71. The van der Waals surface area contributed by atoms with Crippen molar-refractivity contribution in [2.75, 3.05) is 11.9 Å². The van der Waals surface area contributed by atoms with Gasteiger partial charge < -0.3 is 10.4 Å². The van der Waals surface area contributed by atoms with E-state index in [2.05, 4.69) is 5.32 Å². The number of nitriles is 1. The molecule has 0 aromatic heterocycles. The molecule has 1 aliphatic rings. The molecule has 2 N–H and O–H groups in total. The lowest BCUT2D eigenvalue weighted by molar-refractivity contribution is -0.384. The van der Waals surface area contributed by atoms with Gasteiger partial charge in [-0.3, -0.25) is 14.9 Å². The van der Waals surface area contributed by atoms with Crippen molar-refractivity contribution in [2.24, 2.45) is 5.41 Å². The van der Waals surface area contributed by atoms with E-state index < -0.39 is 16.3 Å². The number of carbonyl (C=O) groups is 1. The molecule has 0 saturated heterocycles. The number of carboxylic acids is 1. The van der Waals surface area contributed by atoms with Gasteiger partial charge in [-0.2, -0.15) is 5.26 Å². The first-order valence-electron chi connectivity index (χ1n) is 6.14. The second-order valence-corrected chi connectivity index (χ2v) is 4.89. The second kappa shape index (κ2) is 5.17. The van der Waals surface area contributed by atoms with Gasteiger partial charge >= 0.3 is 5.97 Å². The highest BCUT2D eigenvalue weighted by atomic mass is 16.6. The van der Waals surface area contributed by atoms with Crippen LogP contribution in [0.15, 0.2) is 18.2 Å². The molecule has 0 atom stereocenters. The molecular weight excluding hydrogens is 262 g/mol. The van der Waals surface area contributed by atoms with Crippen molar-refractivity contribution in [1.82, 2.24) is 0 Å². The molecule has 1 saturated carbocycles. The Morgan fingerprint density at radius 2 is 2.25 bits per heavy atom. The number of aliphatic carboxylic acids is 1. The van der Waals surface area contributed by atoms with Crippen LogP contribution in [0.1, 0.15) is 24.8 Å². The summed E-state index contributed by atoms with van der Waals surface area (Å²) in [6.45, 7) is 0.148. The van der Waals surface area contributed by atoms with Gasteiger partial charge in [-0.25, -0.2) is 0 Å². The number of nitro benzene ring substituents is 1. The molecule has 1 aromatic rings. The molecule has 0 unspecified atom stereocenters. The highest BCUT2D eigenvalue weighted by molar-refractivity contribution is 5.77. The van der Waals surface area contributed by atoms with E-state index in [0.29, 0.717) is 12.8 Å². The fourth-order valence-electron chi connectivity index (χ4n) is 2.24. The topological polar surface area (TPSA) is 116 Å². The molecule has 104 valence electrons. The van der Waals surface area contributed by atoms with E-state index in [-0.39, 0.29) is 23.5 Å². The first-order valence-corrected chi connectivity index (χ1v) is 6.14. The number of hydrogen-bond donors (Lipinski definition) is 2. The highest BCUT2D eigenvalue weighted by Crippen LogP contribution is 2.41. The van der Waals surface area contributed by atoms with Gasteiger partial charge in [0.1, 0.15) is 5.69 Å². The maximum Gasteiger partial charge on any atom is 0.311 e. The Labute approximate surface area is 115 Å². The average molecular weight is 275 g/mol. The first kappa shape index (κ1) is 13.8. The van der Waals surface area contributed by atoms with Crippen LogP contribution in [0.2, 0.25) is 0 Å². The number of benzene rings is 1. The van der Waals surface area contributed by atoms with Crippen molar-refractivity contribution < 1.29 is 14.8 Å². The summed E-state index contributed by atoms with van der Waals surface area (Å²) in [5.74, 6) is -0.882. The lowest BCUT2D eigenvalue weighted by atomic mass is 9.69. The van der Waals surface area contributed by atoms with Gasteiger partial charge in [0, 0.05) is 12.6 Å². The number of nitrogens with zero attached hydrogens (tertiary/aromatic N) is 2. The molecule has 0 bridgehead atoms. The second-order valence-electron chi connectivity index (χ2n) is 4.89. The van der Waals surface area contributed by atoms with Gasteiger partial charge in [0.25, 0.3) is 5.69 Å². The largest absolute Gasteiger partial charge is 0.481 e. The molecule has 0 radical (unpaired) electrons. The van der Waals surface area contributed by atoms with Crippen molar-refractivity contribution >= 4 is 17.3 Å². The fourth-order valence-corrected chi connectivity index (χ4v) is 2.24. The summed E-state index contributed by atoms with van der Waals surface area (Å²) in [5.41, 5.74) is -0.619. The first-order chi connectivity index (χ1) is 9.48. The Bertz CT molecular complexity index is 602. The Hall–Kier alpha value is -2.62. The van der Waals surface area contributed by atoms with Crippen molar-refractivity contribution in [3.63, 3.8) is 0 Å². The van der Waals surface area contributed by atoms with Crippen molar-refractivity contribution in [3.8, 4) is 6.07 Å². The van der Waals surface area contributed by atoms with Crippen LogP contribution in [0.5, 0.6) is 0 Å². The monoisotopic (exact) mass is 275 g/mol. The van der Waals surface area contributed by atoms with Crippen LogP contribution in [0.25, 0.3) is 0 Å². The molecule has 2 rings (SSSR count). The third kappa shape index (κ3) is 2.40. The Kier molecular flexibility index (Phi) is 3.57. The quantitative estimate of drug-likeness (QED) is 0.628. The number of anilines is 1. The van der Waals surface area contributed by atoms with Crippen LogP contribution in [0.3, 0.4) is 0 Å². The number of nitro groups is 1. The Balaban J connectivity index is 2.19. The fraction of sp³-hybridized carbons (Fsp3) is 0.385. The summed E-state index contributed by atoms with van der Waals surface area (Å²) in [6, 6.07) is 5.91. The predicted octanol–water partition coefficient (Wildman–Crippen LogP) is 2.13. The lowest BCUT2D eigenvalue weighted by Gasteiger charge is -2.37. The highest BCUT2D eigenvalue weighted by Gasteiger charge is 2.44. The summed E-state index contributed by atoms with van der Waals surface area (Å²) in [4.78, 5) is 21.6. The minimum atomic E-state index is -0.882. The van der Waals surface area contributed by atoms with Crippen molar-refractivity contribution in [2.45, 2.75) is 19.3 Å². The molecule has 7 heteroatoms. The van der Waals surface area contributed by atoms with Crippen LogP contribution >= 0.6 is 0 Å². The van der Waals surface area contributed by atoms with E-state index in [1.807, 2.05) is 6.07 Å².